The molecule has 0 spiro atoms. The topological polar surface area (TPSA) is 15.6 Å². The average molecular weight is 365 g/mol. The van der Waals surface area contributed by atoms with E-state index in [2.05, 4.69) is 29.2 Å². The highest BCUT2D eigenvalue weighted by atomic mass is 35.5. The number of rotatable bonds is 4. The van der Waals surface area contributed by atoms with Crippen LogP contribution >= 0.6 is 11.6 Å². The molecule has 1 aliphatic heterocycles. The number of nitrogens with zero attached hydrogens (tertiary/aromatic N) is 2. The lowest BCUT2D eigenvalue weighted by atomic mass is 9.93. The molecule has 3 aromatic carbocycles. The molecule has 0 amide bonds. The molecule has 0 N–H and O–H groups in total. The molecular formula is C22H18ClFN2. The van der Waals surface area contributed by atoms with E-state index in [-0.39, 0.29) is 17.9 Å². The second-order valence-electron chi connectivity index (χ2n) is 6.35. The van der Waals surface area contributed by atoms with Crippen LogP contribution in [0.3, 0.4) is 0 Å². The van der Waals surface area contributed by atoms with Gasteiger partial charge in [0, 0.05) is 17.1 Å². The Bertz CT molecular complexity index is 892. The third-order valence-electron chi connectivity index (χ3n) is 4.72. The Hall–Kier alpha value is -2.65. The van der Waals surface area contributed by atoms with Crippen LogP contribution < -0.4 is 0 Å². The zero-order valence-corrected chi connectivity index (χ0v) is 14.9. The lowest BCUT2D eigenvalue weighted by Gasteiger charge is -2.29. The highest BCUT2D eigenvalue weighted by Gasteiger charge is 2.33. The van der Waals surface area contributed by atoms with Crippen LogP contribution in [-0.2, 0) is 6.54 Å². The van der Waals surface area contributed by atoms with Gasteiger partial charge in [0.25, 0.3) is 0 Å². The molecule has 130 valence electrons. The molecule has 3 aromatic rings. The van der Waals surface area contributed by atoms with Crippen molar-refractivity contribution in [2.75, 3.05) is 0 Å². The molecule has 4 rings (SSSR count). The van der Waals surface area contributed by atoms with Crippen molar-refractivity contribution in [1.29, 1.82) is 0 Å². The lowest BCUT2D eigenvalue weighted by molar-refractivity contribution is 0.306. The summed E-state index contributed by atoms with van der Waals surface area (Å²) in [5.74, 6) is -0.291. The summed E-state index contributed by atoms with van der Waals surface area (Å²) in [4.78, 5) is 6.80. The van der Waals surface area contributed by atoms with Crippen molar-refractivity contribution in [2.24, 2.45) is 4.99 Å². The first-order valence-electron chi connectivity index (χ1n) is 8.56. The van der Waals surface area contributed by atoms with Crippen molar-refractivity contribution in [3.63, 3.8) is 0 Å². The van der Waals surface area contributed by atoms with Gasteiger partial charge >= 0.3 is 0 Å². The molecule has 2 nitrogen and oxygen atoms in total. The first kappa shape index (κ1) is 16.8. The minimum absolute atomic E-state index is 0.00530. The van der Waals surface area contributed by atoms with Crippen LogP contribution in [-0.4, -0.2) is 11.2 Å². The molecule has 1 aliphatic rings. The average Bonchev–Trinajstić information content (AvgIpc) is 3.10. The van der Waals surface area contributed by atoms with Crippen molar-refractivity contribution >= 4 is 17.9 Å². The maximum absolute atomic E-state index is 14.3. The van der Waals surface area contributed by atoms with E-state index in [0.717, 1.165) is 11.1 Å². The second kappa shape index (κ2) is 7.30. The molecule has 0 radical (unpaired) electrons. The molecule has 0 fully saturated rings. The van der Waals surface area contributed by atoms with Crippen LogP contribution in [0.25, 0.3) is 0 Å². The molecule has 0 aromatic heterocycles. The van der Waals surface area contributed by atoms with E-state index in [1.165, 1.54) is 6.07 Å². The van der Waals surface area contributed by atoms with E-state index in [9.17, 15) is 4.39 Å². The summed E-state index contributed by atoms with van der Waals surface area (Å²) in [6.45, 7) is 0.373. The predicted octanol–water partition coefficient (Wildman–Crippen LogP) is 5.81. The molecule has 2 atom stereocenters. The normalized spacial score (nSPS) is 19.1. The number of hydrogen-bond donors (Lipinski definition) is 0. The zero-order valence-electron chi connectivity index (χ0n) is 14.1. The number of hydrogen-bond acceptors (Lipinski definition) is 2. The summed E-state index contributed by atoms with van der Waals surface area (Å²) in [6.07, 6.45) is 1.82. The Morgan fingerprint density at radius 2 is 1.50 bits per heavy atom. The predicted molar refractivity (Wildman–Crippen MR) is 104 cm³/mol. The van der Waals surface area contributed by atoms with Crippen LogP contribution in [0.5, 0.6) is 0 Å². The SMILES string of the molecule is Fc1cccc(Cl)c1CN1C=N[C@@H](c2ccccc2)[C@H]1c1ccccc1. The first-order chi connectivity index (χ1) is 12.7. The van der Waals surface area contributed by atoms with E-state index < -0.39 is 0 Å². The largest absolute Gasteiger partial charge is 0.349 e. The molecular weight excluding hydrogens is 347 g/mol. The van der Waals surface area contributed by atoms with Gasteiger partial charge in [-0.3, -0.25) is 4.99 Å². The summed E-state index contributed by atoms with van der Waals surface area (Å²) in [5.41, 5.74) is 2.78. The molecule has 4 heteroatoms. The van der Waals surface area contributed by atoms with Crippen LogP contribution in [0, 0.1) is 5.82 Å². The van der Waals surface area contributed by atoms with Crippen molar-refractivity contribution in [1.82, 2.24) is 4.90 Å². The summed E-state index contributed by atoms with van der Waals surface area (Å²) in [6, 6.07) is 25.1. The lowest BCUT2D eigenvalue weighted by Crippen LogP contribution is -2.26. The van der Waals surface area contributed by atoms with Gasteiger partial charge in [0.1, 0.15) is 11.9 Å². The van der Waals surface area contributed by atoms with E-state index in [4.69, 9.17) is 16.6 Å². The van der Waals surface area contributed by atoms with Gasteiger partial charge in [0.05, 0.1) is 12.4 Å². The Morgan fingerprint density at radius 1 is 0.846 bits per heavy atom. The number of benzene rings is 3. The molecule has 0 unspecified atom stereocenters. The smallest absolute Gasteiger partial charge is 0.129 e. The molecule has 0 saturated carbocycles. The van der Waals surface area contributed by atoms with Crippen LogP contribution in [0.15, 0.2) is 83.9 Å². The van der Waals surface area contributed by atoms with Crippen molar-refractivity contribution in [3.8, 4) is 0 Å². The minimum Gasteiger partial charge on any atom is -0.349 e. The molecule has 26 heavy (non-hydrogen) atoms. The third-order valence-corrected chi connectivity index (χ3v) is 5.07. The minimum atomic E-state index is -0.291. The number of halogens is 2. The Labute approximate surface area is 157 Å². The highest BCUT2D eigenvalue weighted by molar-refractivity contribution is 6.31. The van der Waals surface area contributed by atoms with Crippen LogP contribution in [0.2, 0.25) is 5.02 Å². The third kappa shape index (κ3) is 3.23. The van der Waals surface area contributed by atoms with E-state index in [0.29, 0.717) is 17.1 Å². The fourth-order valence-corrected chi connectivity index (χ4v) is 3.66. The summed E-state index contributed by atoms with van der Waals surface area (Å²) >= 11 is 6.24. The maximum atomic E-state index is 14.3. The Morgan fingerprint density at radius 3 is 2.15 bits per heavy atom. The summed E-state index contributed by atoms with van der Waals surface area (Å²) < 4.78 is 14.3. The van der Waals surface area contributed by atoms with E-state index in [1.807, 2.05) is 42.7 Å². The standard InChI is InChI=1S/C22H18ClFN2/c23-19-12-7-13-20(24)18(19)14-26-15-25-21(16-8-3-1-4-9-16)22(26)17-10-5-2-6-11-17/h1-13,15,21-22H,14H2/t21-,22+/m0/s1. The van der Waals surface area contributed by atoms with E-state index >= 15 is 0 Å². The Balaban J connectivity index is 1.71. The fraction of sp³-hybridized carbons (Fsp3) is 0.136. The van der Waals surface area contributed by atoms with Gasteiger partial charge in [-0.2, -0.15) is 0 Å². The molecule has 0 saturated heterocycles. The van der Waals surface area contributed by atoms with Crippen molar-refractivity contribution < 1.29 is 4.39 Å². The van der Waals surface area contributed by atoms with Crippen molar-refractivity contribution in [2.45, 2.75) is 18.6 Å². The zero-order chi connectivity index (χ0) is 17.9. The highest BCUT2D eigenvalue weighted by Crippen LogP contribution is 2.41. The Kier molecular flexibility index (Phi) is 4.72. The summed E-state index contributed by atoms with van der Waals surface area (Å²) in [7, 11) is 0. The first-order valence-corrected chi connectivity index (χ1v) is 8.93. The molecule has 0 bridgehead atoms. The van der Waals surface area contributed by atoms with Gasteiger partial charge in [-0.05, 0) is 23.3 Å². The van der Waals surface area contributed by atoms with E-state index in [1.54, 1.807) is 12.1 Å². The quantitative estimate of drug-likeness (QED) is 0.570. The van der Waals surface area contributed by atoms with Gasteiger partial charge in [-0.1, -0.05) is 78.3 Å². The summed E-state index contributed by atoms with van der Waals surface area (Å²) in [5, 5.41) is 0.438. The van der Waals surface area contributed by atoms with Gasteiger partial charge in [0.15, 0.2) is 0 Å². The van der Waals surface area contributed by atoms with Crippen molar-refractivity contribution in [3.05, 3.63) is 106 Å². The van der Waals surface area contributed by atoms with Gasteiger partial charge < -0.3 is 4.90 Å². The molecule has 0 aliphatic carbocycles. The van der Waals surface area contributed by atoms with Gasteiger partial charge in [-0.15, -0.1) is 0 Å². The van der Waals surface area contributed by atoms with Crippen LogP contribution in [0.4, 0.5) is 4.39 Å². The monoisotopic (exact) mass is 364 g/mol. The molecule has 1 heterocycles. The van der Waals surface area contributed by atoms with Gasteiger partial charge in [-0.25, -0.2) is 4.39 Å². The maximum Gasteiger partial charge on any atom is 0.129 e. The second-order valence-corrected chi connectivity index (χ2v) is 6.76. The van der Waals surface area contributed by atoms with Gasteiger partial charge in [0.2, 0.25) is 0 Å². The van der Waals surface area contributed by atoms with Crippen LogP contribution in [0.1, 0.15) is 28.8 Å². The number of aliphatic imine (C=N–C) groups is 1. The fourth-order valence-electron chi connectivity index (χ4n) is 3.44.